The fourth-order valence-corrected chi connectivity index (χ4v) is 3.85. The van der Waals surface area contributed by atoms with Crippen LogP contribution < -0.4 is 0 Å². The van der Waals surface area contributed by atoms with E-state index in [1.165, 1.54) is 0 Å². The molecule has 2 aromatic rings. The van der Waals surface area contributed by atoms with E-state index in [1.807, 2.05) is 18.4 Å². The Morgan fingerprint density at radius 1 is 1.36 bits per heavy atom. The Morgan fingerprint density at radius 2 is 2.14 bits per heavy atom. The van der Waals surface area contributed by atoms with Gasteiger partial charge >= 0.3 is 0 Å². The van der Waals surface area contributed by atoms with Gasteiger partial charge in [0.15, 0.2) is 0 Å². The van der Waals surface area contributed by atoms with E-state index >= 15 is 0 Å². The Labute approximate surface area is 135 Å². The minimum absolute atomic E-state index is 0.336. The third kappa shape index (κ3) is 3.42. The maximum atomic E-state index is 9.25. The molecule has 0 bridgehead atoms. The third-order valence-electron chi connectivity index (χ3n) is 4.76. The minimum Gasteiger partial charge on any atom is -0.441 e. The highest BCUT2D eigenvalue weighted by molar-refractivity contribution is 7.08. The SMILES string of the molecule is Cc1oc(-c2ccsc2)nc1CN(C)C1CCC(CO)CC1. The molecule has 4 nitrogen and oxygen atoms in total. The Bertz CT molecular complexity index is 586. The number of thiophene rings is 1. The molecule has 1 fully saturated rings. The first kappa shape index (κ1) is 15.7. The number of aliphatic hydroxyl groups excluding tert-OH is 1. The molecule has 0 unspecified atom stereocenters. The number of aliphatic hydroxyl groups is 1. The maximum Gasteiger partial charge on any atom is 0.227 e. The molecule has 2 aromatic heterocycles. The lowest BCUT2D eigenvalue weighted by atomic mass is 9.86. The molecule has 0 amide bonds. The maximum absolute atomic E-state index is 9.25. The average Bonchev–Trinajstić information content (AvgIpc) is 3.18. The molecule has 1 aliphatic rings. The van der Waals surface area contributed by atoms with Crippen LogP contribution in [-0.2, 0) is 6.54 Å². The summed E-state index contributed by atoms with van der Waals surface area (Å²) in [7, 11) is 2.17. The number of aromatic nitrogens is 1. The van der Waals surface area contributed by atoms with Crippen molar-refractivity contribution in [2.75, 3.05) is 13.7 Å². The zero-order valence-corrected chi connectivity index (χ0v) is 14.1. The van der Waals surface area contributed by atoms with Crippen LogP contribution >= 0.6 is 11.3 Å². The van der Waals surface area contributed by atoms with Crippen molar-refractivity contribution in [2.24, 2.45) is 5.92 Å². The normalized spacial score (nSPS) is 22.4. The van der Waals surface area contributed by atoms with E-state index in [-0.39, 0.29) is 0 Å². The highest BCUT2D eigenvalue weighted by Gasteiger charge is 2.24. The summed E-state index contributed by atoms with van der Waals surface area (Å²) in [5, 5.41) is 13.4. The Hall–Kier alpha value is -1.17. The number of aryl methyl sites for hydroxylation is 1. The van der Waals surface area contributed by atoms with Crippen LogP contribution in [0.25, 0.3) is 11.5 Å². The van der Waals surface area contributed by atoms with Gasteiger partial charge in [0, 0.05) is 30.1 Å². The van der Waals surface area contributed by atoms with Crippen molar-refractivity contribution in [3.05, 3.63) is 28.3 Å². The van der Waals surface area contributed by atoms with E-state index in [0.717, 1.165) is 55.1 Å². The zero-order valence-electron chi connectivity index (χ0n) is 13.3. The van der Waals surface area contributed by atoms with E-state index in [4.69, 9.17) is 4.42 Å². The van der Waals surface area contributed by atoms with Crippen molar-refractivity contribution < 1.29 is 9.52 Å². The largest absolute Gasteiger partial charge is 0.441 e. The number of hydrogen-bond acceptors (Lipinski definition) is 5. The van der Waals surface area contributed by atoms with E-state index in [0.29, 0.717) is 18.6 Å². The standard InChI is InChI=1S/C17H24N2O2S/c1-12-16(18-17(21-12)14-7-8-22-11-14)9-19(2)15-5-3-13(10-20)4-6-15/h7-8,11,13,15,20H,3-6,9-10H2,1-2H3. The molecule has 0 spiro atoms. The van der Waals surface area contributed by atoms with Crippen LogP contribution in [0.3, 0.4) is 0 Å². The van der Waals surface area contributed by atoms with E-state index in [2.05, 4.69) is 22.3 Å². The first-order chi connectivity index (χ1) is 10.7. The quantitative estimate of drug-likeness (QED) is 0.913. The molecule has 1 saturated carbocycles. The van der Waals surface area contributed by atoms with Crippen LogP contribution in [0, 0.1) is 12.8 Å². The van der Waals surface area contributed by atoms with Crippen molar-refractivity contribution in [3.8, 4) is 11.5 Å². The highest BCUT2D eigenvalue weighted by atomic mass is 32.1. The molecule has 0 aromatic carbocycles. The highest BCUT2D eigenvalue weighted by Crippen LogP contribution is 2.29. The summed E-state index contributed by atoms with van der Waals surface area (Å²) in [4.78, 5) is 7.06. The minimum atomic E-state index is 0.336. The molecule has 0 saturated heterocycles. The zero-order chi connectivity index (χ0) is 15.5. The summed E-state index contributed by atoms with van der Waals surface area (Å²) in [6.07, 6.45) is 4.58. The Balaban J connectivity index is 1.63. The molecular weight excluding hydrogens is 296 g/mol. The molecule has 120 valence electrons. The number of oxazole rings is 1. The van der Waals surface area contributed by atoms with Crippen molar-refractivity contribution in [1.82, 2.24) is 9.88 Å². The van der Waals surface area contributed by atoms with Gasteiger partial charge < -0.3 is 9.52 Å². The second-order valence-corrected chi connectivity index (χ2v) is 7.09. The van der Waals surface area contributed by atoms with Crippen LogP contribution in [0.1, 0.15) is 37.1 Å². The summed E-state index contributed by atoms with van der Waals surface area (Å²) >= 11 is 1.66. The van der Waals surface area contributed by atoms with E-state index in [1.54, 1.807) is 11.3 Å². The van der Waals surface area contributed by atoms with Crippen molar-refractivity contribution in [3.63, 3.8) is 0 Å². The van der Waals surface area contributed by atoms with Crippen molar-refractivity contribution in [1.29, 1.82) is 0 Å². The summed E-state index contributed by atoms with van der Waals surface area (Å²) in [6.45, 7) is 3.16. The first-order valence-electron chi connectivity index (χ1n) is 7.97. The van der Waals surface area contributed by atoms with Gasteiger partial charge in [-0.3, -0.25) is 4.90 Å². The molecule has 5 heteroatoms. The number of nitrogens with zero attached hydrogens (tertiary/aromatic N) is 2. The van der Waals surface area contributed by atoms with E-state index in [9.17, 15) is 5.11 Å². The lowest BCUT2D eigenvalue weighted by Crippen LogP contribution is -2.35. The number of rotatable bonds is 5. The molecule has 22 heavy (non-hydrogen) atoms. The van der Waals surface area contributed by atoms with Crippen LogP contribution in [-0.4, -0.2) is 34.7 Å². The molecule has 2 heterocycles. The predicted molar refractivity (Wildman–Crippen MR) is 88.9 cm³/mol. The van der Waals surface area contributed by atoms with E-state index < -0.39 is 0 Å². The fraction of sp³-hybridized carbons (Fsp3) is 0.588. The van der Waals surface area contributed by atoms with Gasteiger partial charge in [-0.25, -0.2) is 4.98 Å². The molecule has 1 N–H and O–H groups in total. The first-order valence-corrected chi connectivity index (χ1v) is 8.91. The van der Waals surface area contributed by atoms with Gasteiger partial charge in [-0.2, -0.15) is 11.3 Å². The Morgan fingerprint density at radius 3 is 2.77 bits per heavy atom. The lowest BCUT2D eigenvalue weighted by Gasteiger charge is -2.33. The van der Waals surface area contributed by atoms with Crippen LogP contribution in [0.2, 0.25) is 0 Å². The predicted octanol–water partition coefficient (Wildman–Crippen LogP) is 3.69. The monoisotopic (exact) mass is 320 g/mol. The van der Waals surface area contributed by atoms with Gasteiger partial charge in [0.1, 0.15) is 5.76 Å². The summed E-state index contributed by atoms with van der Waals surface area (Å²) < 4.78 is 5.82. The molecular formula is C17H24N2O2S. The van der Waals surface area contributed by atoms with Crippen LogP contribution in [0.5, 0.6) is 0 Å². The third-order valence-corrected chi connectivity index (χ3v) is 5.44. The average molecular weight is 320 g/mol. The second-order valence-electron chi connectivity index (χ2n) is 6.31. The second kappa shape index (κ2) is 6.94. The van der Waals surface area contributed by atoms with Gasteiger partial charge in [-0.1, -0.05) is 0 Å². The van der Waals surface area contributed by atoms with Gasteiger partial charge in [0.2, 0.25) is 5.89 Å². The van der Waals surface area contributed by atoms with Gasteiger partial charge in [0.25, 0.3) is 0 Å². The van der Waals surface area contributed by atoms with Crippen LogP contribution in [0.4, 0.5) is 0 Å². The summed E-state index contributed by atoms with van der Waals surface area (Å²) in [6, 6.07) is 2.63. The topological polar surface area (TPSA) is 49.5 Å². The fourth-order valence-electron chi connectivity index (χ4n) is 3.22. The van der Waals surface area contributed by atoms with Gasteiger partial charge in [0.05, 0.1) is 5.69 Å². The lowest BCUT2D eigenvalue weighted by molar-refractivity contribution is 0.123. The van der Waals surface area contributed by atoms with Crippen LogP contribution in [0.15, 0.2) is 21.2 Å². The summed E-state index contributed by atoms with van der Waals surface area (Å²) in [5.41, 5.74) is 2.10. The number of hydrogen-bond donors (Lipinski definition) is 1. The molecule has 3 rings (SSSR count). The molecule has 1 aliphatic carbocycles. The molecule has 0 radical (unpaired) electrons. The van der Waals surface area contributed by atoms with Gasteiger partial charge in [-0.15, -0.1) is 0 Å². The summed E-state index contributed by atoms with van der Waals surface area (Å²) in [5.74, 6) is 2.15. The smallest absolute Gasteiger partial charge is 0.227 e. The molecule has 0 atom stereocenters. The van der Waals surface area contributed by atoms with Gasteiger partial charge in [-0.05, 0) is 57.0 Å². The Kier molecular flexibility index (Phi) is 4.96. The van der Waals surface area contributed by atoms with Crippen molar-refractivity contribution in [2.45, 2.75) is 45.2 Å². The van der Waals surface area contributed by atoms with Crippen molar-refractivity contribution >= 4 is 11.3 Å². The molecule has 0 aliphatic heterocycles.